The molecule has 3 nitrogen and oxygen atoms in total. The maximum absolute atomic E-state index is 11.7. The van der Waals surface area contributed by atoms with Gasteiger partial charge in [0.2, 0.25) is 0 Å². The first-order valence-electron chi connectivity index (χ1n) is 6.74. The lowest BCUT2D eigenvalue weighted by molar-refractivity contribution is -0.139. The van der Waals surface area contributed by atoms with Crippen LogP contribution in [0.4, 0.5) is 0 Å². The quantitative estimate of drug-likeness (QED) is 0.285. The minimum Gasteiger partial charge on any atom is -0.458 e. The van der Waals surface area contributed by atoms with Gasteiger partial charge in [0.15, 0.2) is 0 Å². The van der Waals surface area contributed by atoms with Gasteiger partial charge in [-0.15, -0.1) is 0 Å². The van der Waals surface area contributed by atoms with Crippen LogP contribution in [0.25, 0.3) is 0 Å². The number of hydrogen-bond donors (Lipinski definition) is 0. The van der Waals surface area contributed by atoms with Crippen LogP contribution in [0.15, 0.2) is 24.3 Å². The predicted octanol–water partition coefficient (Wildman–Crippen LogP) is 2.37. The van der Waals surface area contributed by atoms with Crippen molar-refractivity contribution in [2.24, 2.45) is 11.8 Å². The van der Waals surface area contributed by atoms with Crippen molar-refractivity contribution in [3.8, 4) is 0 Å². The molecule has 0 N–H and O–H groups in total. The molecule has 0 bridgehead atoms. The summed E-state index contributed by atoms with van der Waals surface area (Å²) in [6.07, 6.45) is 3.87. The molecule has 3 heteroatoms. The van der Waals surface area contributed by atoms with Crippen LogP contribution >= 0.6 is 0 Å². The Labute approximate surface area is 107 Å². The Bertz CT molecular complexity index is 494. The summed E-state index contributed by atoms with van der Waals surface area (Å²) in [4.78, 5) is 11.7. The van der Waals surface area contributed by atoms with Crippen LogP contribution in [0.1, 0.15) is 32.6 Å². The fraction of sp³-hybridized carbons (Fsp3) is 0.667. The molecule has 0 aromatic rings. The third-order valence-corrected chi connectivity index (χ3v) is 5.63. The topological polar surface area (TPSA) is 38.8 Å². The van der Waals surface area contributed by atoms with E-state index in [0.717, 1.165) is 25.7 Å². The molecule has 96 valence electrons. The zero-order chi connectivity index (χ0) is 12.7. The molecule has 0 aromatic carbocycles. The highest BCUT2D eigenvalue weighted by molar-refractivity contribution is 5.91. The van der Waals surface area contributed by atoms with E-state index in [9.17, 15) is 4.79 Å². The summed E-state index contributed by atoms with van der Waals surface area (Å²) in [6, 6.07) is 0. The Kier molecular flexibility index (Phi) is 1.74. The molecule has 0 aromatic heterocycles. The van der Waals surface area contributed by atoms with Crippen molar-refractivity contribution in [1.82, 2.24) is 0 Å². The van der Waals surface area contributed by atoms with E-state index in [-0.39, 0.29) is 29.2 Å². The van der Waals surface area contributed by atoms with Gasteiger partial charge in [0.1, 0.15) is 11.7 Å². The van der Waals surface area contributed by atoms with Gasteiger partial charge in [-0.2, -0.15) is 0 Å². The predicted molar refractivity (Wildman–Crippen MR) is 65.8 cm³/mol. The van der Waals surface area contributed by atoms with Gasteiger partial charge in [0, 0.05) is 23.8 Å². The summed E-state index contributed by atoms with van der Waals surface area (Å²) < 4.78 is 11.5. The summed E-state index contributed by atoms with van der Waals surface area (Å²) >= 11 is 0. The van der Waals surface area contributed by atoms with Crippen LogP contribution in [0.3, 0.4) is 0 Å². The average Bonchev–Trinajstić information content (AvgIpc) is 2.72. The van der Waals surface area contributed by atoms with Crippen LogP contribution in [0, 0.1) is 11.8 Å². The fourth-order valence-corrected chi connectivity index (χ4v) is 4.50. The SMILES string of the molecule is C=C1C(=O)O[C@H]2CC(=C)[C@@H]3CC[C@@]4(C)O[C@@]34C[C@H]12. The summed E-state index contributed by atoms with van der Waals surface area (Å²) in [7, 11) is 0. The minimum atomic E-state index is -0.229. The molecule has 18 heavy (non-hydrogen) atoms. The largest absolute Gasteiger partial charge is 0.458 e. The number of esters is 1. The second-order valence-corrected chi connectivity index (χ2v) is 6.46. The number of rotatable bonds is 0. The Morgan fingerprint density at radius 3 is 2.89 bits per heavy atom. The van der Waals surface area contributed by atoms with Crippen LogP contribution in [0.2, 0.25) is 0 Å². The van der Waals surface area contributed by atoms with Crippen molar-refractivity contribution in [2.75, 3.05) is 0 Å². The number of carbonyl (C=O) groups excluding carboxylic acids is 1. The van der Waals surface area contributed by atoms with Gasteiger partial charge in [0.25, 0.3) is 0 Å². The molecular weight excluding hydrogens is 228 g/mol. The van der Waals surface area contributed by atoms with Crippen molar-refractivity contribution < 1.29 is 14.3 Å². The van der Waals surface area contributed by atoms with Crippen LogP contribution in [-0.2, 0) is 14.3 Å². The Morgan fingerprint density at radius 1 is 1.39 bits per heavy atom. The Balaban J connectivity index is 1.75. The van der Waals surface area contributed by atoms with E-state index >= 15 is 0 Å². The maximum Gasteiger partial charge on any atom is 0.334 e. The van der Waals surface area contributed by atoms with E-state index < -0.39 is 0 Å². The molecule has 4 aliphatic rings. The summed E-state index contributed by atoms with van der Waals surface area (Å²) in [5.41, 5.74) is 1.75. The number of fused-ring (bicyclic) bond motifs is 1. The summed E-state index contributed by atoms with van der Waals surface area (Å²) in [5.74, 6) is 0.340. The second kappa shape index (κ2) is 2.90. The zero-order valence-electron chi connectivity index (χ0n) is 10.7. The zero-order valence-corrected chi connectivity index (χ0v) is 10.7. The average molecular weight is 246 g/mol. The normalized spacial score (nSPS) is 53.4. The van der Waals surface area contributed by atoms with Gasteiger partial charge < -0.3 is 9.47 Å². The number of ether oxygens (including phenoxy) is 2. The van der Waals surface area contributed by atoms with Gasteiger partial charge in [-0.25, -0.2) is 4.79 Å². The highest BCUT2D eigenvalue weighted by atomic mass is 16.6. The monoisotopic (exact) mass is 246 g/mol. The summed E-state index contributed by atoms with van der Waals surface area (Å²) in [5, 5.41) is 0. The van der Waals surface area contributed by atoms with E-state index in [0.29, 0.717) is 11.5 Å². The molecule has 2 heterocycles. The highest BCUT2D eigenvalue weighted by Gasteiger charge is 2.75. The van der Waals surface area contributed by atoms with E-state index in [1.165, 1.54) is 5.57 Å². The lowest BCUT2D eigenvalue weighted by Gasteiger charge is -2.20. The van der Waals surface area contributed by atoms with Crippen molar-refractivity contribution in [2.45, 2.75) is 49.9 Å². The molecule has 5 atom stereocenters. The smallest absolute Gasteiger partial charge is 0.334 e. The molecule has 1 spiro atoms. The molecule has 2 aliphatic heterocycles. The van der Waals surface area contributed by atoms with Crippen molar-refractivity contribution >= 4 is 5.97 Å². The highest BCUT2D eigenvalue weighted by Crippen LogP contribution is 2.69. The standard InChI is InChI=1S/C15H18O3/c1-8-6-12-10(9(2)13(16)17-12)7-15-11(8)4-5-14(15,3)18-15/h10-12H,1-2,4-7H2,3H3/t10-,11+,12+,14-,15+/m1/s1. The van der Waals surface area contributed by atoms with Crippen LogP contribution in [0.5, 0.6) is 0 Å². The molecule has 0 radical (unpaired) electrons. The number of hydrogen-bond acceptors (Lipinski definition) is 3. The first-order chi connectivity index (χ1) is 8.47. The first kappa shape index (κ1) is 10.8. The molecule has 0 amide bonds. The third-order valence-electron chi connectivity index (χ3n) is 5.63. The van der Waals surface area contributed by atoms with Gasteiger partial charge in [-0.05, 0) is 26.2 Å². The van der Waals surface area contributed by atoms with E-state index in [4.69, 9.17) is 9.47 Å². The van der Waals surface area contributed by atoms with Gasteiger partial charge in [0.05, 0.1) is 5.60 Å². The van der Waals surface area contributed by atoms with E-state index in [2.05, 4.69) is 20.1 Å². The number of epoxide rings is 1. The van der Waals surface area contributed by atoms with Gasteiger partial charge >= 0.3 is 5.97 Å². The third kappa shape index (κ3) is 1.03. The minimum absolute atomic E-state index is 0.00140. The van der Waals surface area contributed by atoms with Gasteiger partial charge in [-0.1, -0.05) is 18.7 Å². The van der Waals surface area contributed by atoms with Crippen LogP contribution in [-0.4, -0.2) is 23.3 Å². The summed E-state index contributed by atoms with van der Waals surface area (Å²) in [6.45, 7) is 10.3. The first-order valence-corrected chi connectivity index (χ1v) is 6.74. The van der Waals surface area contributed by atoms with Gasteiger partial charge in [-0.3, -0.25) is 0 Å². The molecule has 2 saturated heterocycles. The Hall–Kier alpha value is -1.09. The lowest BCUT2D eigenvalue weighted by atomic mass is 9.80. The molecule has 2 aliphatic carbocycles. The number of carbonyl (C=O) groups is 1. The molecule has 4 fully saturated rings. The maximum atomic E-state index is 11.7. The van der Waals surface area contributed by atoms with Crippen molar-refractivity contribution in [3.05, 3.63) is 24.3 Å². The van der Waals surface area contributed by atoms with E-state index in [1.54, 1.807) is 0 Å². The fourth-order valence-electron chi connectivity index (χ4n) is 4.50. The van der Waals surface area contributed by atoms with E-state index in [1.807, 2.05) is 0 Å². The van der Waals surface area contributed by atoms with Crippen LogP contribution < -0.4 is 0 Å². The van der Waals surface area contributed by atoms with Crippen molar-refractivity contribution in [3.63, 3.8) is 0 Å². The Morgan fingerprint density at radius 2 is 2.17 bits per heavy atom. The molecule has 0 unspecified atom stereocenters. The molecule has 2 saturated carbocycles. The lowest BCUT2D eigenvalue weighted by Crippen LogP contribution is -2.28. The second-order valence-electron chi connectivity index (χ2n) is 6.46. The van der Waals surface area contributed by atoms with Crippen molar-refractivity contribution in [1.29, 1.82) is 0 Å². The molecular formula is C15H18O3. The molecule has 4 rings (SSSR count).